The molecule has 11 heteroatoms. The van der Waals surface area contributed by atoms with Crippen LogP contribution in [0.4, 0.5) is 4.79 Å². The zero-order valence-electron chi connectivity index (χ0n) is 24.9. The van der Waals surface area contributed by atoms with E-state index in [0.717, 1.165) is 22.2 Å². The first-order valence-corrected chi connectivity index (χ1v) is 14.6. The SMILES string of the molecule is CC(C)(N)C(=O)N[C@H](COCc1ccccc1-c1ccccc1)c1ncc2cccc(COC(=O)N3CCC[C@@H]3C(N)=O)n12. The monoisotopic (exact) mass is 598 g/mol. The molecule has 5 N–H and O–H groups in total. The number of pyridine rings is 1. The van der Waals surface area contributed by atoms with Gasteiger partial charge in [0, 0.05) is 6.54 Å². The molecule has 3 heterocycles. The van der Waals surface area contributed by atoms with Crippen molar-refractivity contribution in [1.82, 2.24) is 19.6 Å². The lowest BCUT2D eigenvalue weighted by molar-refractivity contribution is -0.126. The van der Waals surface area contributed by atoms with Gasteiger partial charge in [0.25, 0.3) is 0 Å². The molecule has 230 valence electrons. The molecule has 2 aromatic carbocycles. The molecule has 44 heavy (non-hydrogen) atoms. The number of nitrogens with one attached hydrogen (secondary N) is 1. The van der Waals surface area contributed by atoms with E-state index in [0.29, 0.717) is 37.5 Å². The molecule has 0 unspecified atom stereocenters. The largest absolute Gasteiger partial charge is 0.443 e. The molecular formula is C33H38N6O5. The fourth-order valence-electron chi connectivity index (χ4n) is 5.36. The lowest BCUT2D eigenvalue weighted by atomic mass is 10.0. The lowest BCUT2D eigenvalue weighted by Crippen LogP contribution is -2.51. The van der Waals surface area contributed by atoms with E-state index in [4.69, 9.17) is 20.9 Å². The van der Waals surface area contributed by atoms with Gasteiger partial charge in [-0.2, -0.15) is 0 Å². The summed E-state index contributed by atoms with van der Waals surface area (Å²) in [5, 5.41) is 3.00. The van der Waals surface area contributed by atoms with Crippen LogP contribution in [-0.2, 0) is 32.3 Å². The van der Waals surface area contributed by atoms with Crippen LogP contribution in [0.5, 0.6) is 0 Å². The highest BCUT2D eigenvalue weighted by atomic mass is 16.6. The molecule has 11 nitrogen and oxygen atoms in total. The maximum atomic E-state index is 13.1. The van der Waals surface area contributed by atoms with E-state index >= 15 is 0 Å². The van der Waals surface area contributed by atoms with Crippen molar-refractivity contribution in [2.75, 3.05) is 13.2 Å². The number of benzene rings is 2. The maximum absolute atomic E-state index is 13.1. The number of aromatic nitrogens is 2. The first-order chi connectivity index (χ1) is 21.1. The maximum Gasteiger partial charge on any atom is 0.410 e. The van der Waals surface area contributed by atoms with Crippen LogP contribution in [0.3, 0.4) is 0 Å². The third-order valence-electron chi connectivity index (χ3n) is 7.66. The minimum absolute atomic E-state index is 0.0874. The van der Waals surface area contributed by atoms with Crippen molar-refractivity contribution in [2.45, 2.75) is 57.5 Å². The summed E-state index contributed by atoms with van der Waals surface area (Å²) in [4.78, 5) is 43.7. The number of carbonyl (C=O) groups is 3. The number of primary amides is 1. The number of hydrogen-bond donors (Lipinski definition) is 3. The van der Waals surface area contributed by atoms with Gasteiger partial charge >= 0.3 is 6.09 Å². The Bertz CT molecular complexity index is 1630. The number of likely N-dealkylation sites (tertiary alicyclic amines) is 1. The van der Waals surface area contributed by atoms with Crippen LogP contribution in [0, 0.1) is 0 Å². The van der Waals surface area contributed by atoms with E-state index < -0.39 is 29.6 Å². The zero-order chi connectivity index (χ0) is 31.3. The molecule has 1 fully saturated rings. The van der Waals surface area contributed by atoms with Gasteiger partial charge in [-0.15, -0.1) is 0 Å². The van der Waals surface area contributed by atoms with Crippen molar-refractivity contribution in [3.8, 4) is 11.1 Å². The van der Waals surface area contributed by atoms with Gasteiger partial charge in [0.2, 0.25) is 11.8 Å². The minimum Gasteiger partial charge on any atom is -0.443 e. The molecule has 0 aliphatic carbocycles. The number of ether oxygens (including phenoxy) is 2. The second-order valence-corrected chi connectivity index (χ2v) is 11.5. The number of fused-ring (bicyclic) bond motifs is 1. The average molecular weight is 599 g/mol. The summed E-state index contributed by atoms with van der Waals surface area (Å²) in [6.07, 6.45) is 2.26. The smallest absolute Gasteiger partial charge is 0.410 e. The Balaban J connectivity index is 1.38. The highest BCUT2D eigenvalue weighted by Gasteiger charge is 2.34. The molecule has 4 aromatic rings. The van der Waals surface area contributed by atoms with Crippen LogP contribution in [0.1, 0.15) is 49.8 Å². The molecular weight excluding hydrogens is 560 g/mol. The Morgan fingerprint density at radius 2 is 1.77 bits per heavy atom. The van der Waals surface area contributed by atoms with Crippen molar-refractivity contribution >= 4 is 23.4 Å². The first-order valence-electron chi connectivity index (χ1n) is 14.6. The molecule has 0 radical (unpaired) electrons. The normalized spacial score (nSPS) is 15.7. The van der Waals surface area contributed by atoms with E-state index in [1.807, 2.05) is 77.2 Å². The zero-order valence-corrected chi connectivity index (χ0v) is 24.9. The molecule has 5 rings (SSSR count). The Labute approximate surface area is 256 Å². The molecule has 2 atom stereocenters. The van der Waals surface area contributed by atoms with Crippen molar-refractivity contribution in [3.05, 3.63) is 96.1 Å². The molecule has 1 saturated heterocycles. The van der Waals surface area contributed by atoms with Gasteiger partial charge in [0.1, 0.15) is 24.5 Å². The van der Waals surface area contributed by atoms with Gasteiger partial charge in [-0.3, -0.25) is 18.9 Å². The van der Waals surface area contributed by atoms with E-state index in [1.165, 1.54) is 4.90 Å². The summed E-state index contributed by atoms with van der Waals surface area (Å²) in [5.41, 5.74) is 15.0. The van der Waals surface area contributed by atoms with E-state index in [-0.39, 0.29) is 19.1 Å². The summed E-state index contributed by atoms with van der Waals surface area (Å²) in [6.45, 7) is 3.97. The second-order valence-electron chi connectivity index (χ2n) is 11.5. The molecule has 2 aromatic heterocycles. The topological polar surface area (TPSA) is 154 Å². The molecule has 0 spiro atoms. The molecule has 0 bridgehead atoms. The fraction of sp³-hybridized carbons (Fsp3) is 0.333. The Morgan fingerprint density at radius 1 is 1.02 bits per heavy atom. The minimum atomic E-state index is -1.14. The number of imidazole rings is 1. The van der Waals surface area contributed by atoms with Gasteiger partial charge in [0.05, 0.1) is 36.2 Å². The highest BCUT2D eigenvalue weighted by molar-refractivity contribution is 5.85. The Morgan fingerprint density at radius 3 is 2.52 bits per heavy atom. The van der Waals surface area contributed by atoms with E-state index in [1.54, 1.807) is 20.0 Å². The summed E-state index contributed by atoms with van der Waals surface area (Å²) >= 11 is 0. The lowest BCUT2D eigenvalue weighted by Gasteiger charge is -2.25. The van der Waals surface area contributed by atoms with Crippen LogP contribution < -0.4 is 16.8 Å². The Kier molecular flexibility index (Phi) is 9.26. The van der Waals surface area contributed by atoms with E-state index in [2.05, 4.69) is 10.3 Å². The van der Waals surface area contributed by atoms with Crippen LogP contribution >= 0.6 is 0 Å². The van der Waals surface area contributed by atoms with Crippen molar-refractivity contribution in [2.24, 2.45) is 11.5 Å². The highest BCUT2D eigenvalue weighted by Crippen LogP contribution is 2.25. The van der Waals surface area contributed by atoms with Crippen molar-refractivity contribution < 1.29 is 23.9 Å². The standard InChI is InChI=1S/C33H38N6O5/c1-33(2,35)31(41)37-27(21-43-19-23-12-6-7-15-26(23)22-10-4-3-5-11-22)30-36-18-24-13-8-14-25(39(24)30)20-44-32(42)38-17-9-16-28(38)29(34)40/h3-8,10-15,18,27-28H,9,16-17,19-21,35H2,1-2H3,(H2,34,40)(H,37,41)/t27-,28-/m1/s1. The van der Waals surface area contributed by atoms with Crippen LogP contribution in [0.15, 0.2) is 79.0 Å². The third kappa shape index (κ3) is 6.90. The summed E-state index contributed by atoms with van der Waals surface area (Å²) in [6, 6.07) is 22.2. The summed E-state index contributed by atoms with van der Waals surface area (Å²) in [7, 11) is 0. The second kappa shape index (κ2) is 13.3. The quantitative estimate of drug-likeness (QED) is 0.238. The van der Waals surface area contributed by atoms with E-state index in [9.17, 15) is 14.4 Å². The number of carbonyl (C=O) groups excluding carboxylic acids is 3. The molecule has 1 aliphatic rings. The van der Waals surface area contributed by atoms with Crippen LogP contribution in [-0.4, -0.2) is 56.9 Å². The van der Waals surface area contributed by atoms with Gasteiger partial charge in [-0.1, -0.05) is 60.7 Å². The predicted octanol–water partition coefficient (Wildman–Crippen LogP) is 3.70. The van der Waals surface area contributed by atoms with Crippen molar-refractivity contribution in [1.29, 1.82) is 0 Å². The first kappa shape index (κ1) is 30.7. The molecule has 0 saturated carbocycles. The fourth-order valence-corrected chi connectivity index (χ4v) is 5.36. The predicted molar refractivity (Wildman–Crippen MR) is 165 cm³/mol. The third-order valence-corrected chi connectivity index (χ3v) is 7.66. The van der Waals surface area contributed by atoms with Gasteiger partial charge in [-0.05, 0) is 55.5 Å². The molecule has 3 amide bonds. The number of nitrogens with two attached hydrogens (primary N) is 2. The number of amides is 3. The molecule has 1 aliphatic heterocycles. The number of nitrogens with zero attached hydrogens (tertiary/aromatic N) is 3. The Hall–Kier alpha value is -4.74. The van der Waals surface area contributed by atoms with Crippen molar-refractivity contribution in [3.63, 3.8) is 0 Å². The number of rotatable bonds is 11. The summed E-state index contributed by atoms with van der Waals surface area (Å²) < 4.78 is 13.7. The van der Waals surface area contributed by atoms with Crippen LogP contribution in [0.2, 0.25) is 0 Å². The number of hydrogen-bond acceptors (Lipinski definition) is 7. The van der Waals surface area contributed by atoms with Gasteiger partial charge < -0.3 is 26.3 Å². The average Bonchev–Trinajstić information content (AvgIpc) is 3.68. The summed E-state index contributed by atoms with van der Waals surface area (Å²) in [5.74, 6) is -0.425. The van der Waals surface area contributed by atoms with Gasteiger partial charge in [0.15, 0.2) is 0 Å². The van der Waals surface area contributed by atoms with Crippen LogP contribution in [0.25, 0.3) is 16.6 Å². The van der Waals surface area contributed by atoms with Gasteiger partial charge in [-0.25, -0.2) is 9.78 Å².